The van der Waals surface area contributed by atoms with Crippen molar-refractivity contribution in [2.45, 2.75) is 31.6 Å². The van der Waals surface area contributed by atoms with Gasteiger partial charge in [0.25, 0.3) is 0 Å². The van der Waals surface area contributed by atoms with Crippen LogP contribution in [0.3, 0.4) is 0 Å². The Morgan fingerprint density at radius 1 is 1.56 bits per heavy atom. The molecular formula is C11H15ClN2OS. The van der Waals surface area contributed by atoms with Crippen LogP contribution in [0.2, 0.25) is 0 Å². The van der Waals surface area contributed by atoms with Crippen molar-refractivity contribution < 1.29 is 4.79 Å². The Balaban J connectivity index is 1.73. The fourth-order valence-electron chi connectivity index (χ4n) is 1.89. The van der Waals surface area contributed by atoms with Crippen molar-refractivity contribution in [3.05, 3.63) is 16.1 Å². The van der Waals surface area contributed by atoms with Gasteiger partial charge in [-0.2, -0.15) is 0 Å². The van der Waals surface area contributed by atoms with E-state index in [0.717, 1.165) is 49.5 Å². The topological polar surface area (TPSA) is 33.2 Å². The van der Waals surface area contributed by atoms with Gasteiger partial charge in [-0.15, -0.1) is 22.9 Å². The zero-order valence-electron chi connectivity index (χ0n) is 9.12. The summed E-state index contributed by atoms with van der Waals surface area (Å²) >= 11 is 7.35. The van der Waals surface area contributed by atoms with Gasteiger partial charge in [0.2, 0.25) is 5.91 Å². The zero-order valence-corrected chi connectivity index (χ0v) is 10.7. The Labute approximate surface area is 104 Å². The quantitative estimate of drug-likeness (QED) is 0.760. The number of halogens is 1. The first-order valence-corrected chi connectivity index (χ1v) is 6.98. The Hall–Kier alpha value is -0.610. The number of thiazole rings is 1. The molecule has 0 radical (unpaired) electrons. The molecule has 2 heterocycles. The molecule has 16 heavy (non-hydrogen) atoms. The van der Waals surface area contributed by atoms with Crippen molar-refractivity contribution in [1.82, 2.24) is 9.88 Å². The van der Waals surface area contributed by atoms with Crippen LogP contribution >= 0.6 is 22.9 Å². The summed E-state index contributed by atoms with van der Waals surface area (Å²) in [6.45, 7) is 1.80. The summed E-state index contributed by atoms with van der Waals surface area (Å²) in [7, 11) is 0. The van der Waals surface area contributed by atoms with Gasteiger partial charge in [-0.25, -0.2) is 4.98 Å². The molecule has 1 fully saturated rings. The monoisotopic (exact) mass is 258 g/mol. The summed E-state index contributed by atoms with van der Waals surface area (Å²) in [4.78, 5) is 17.7. The number of amides is 1. The molecule has 1 aromatic rings. The second-order valence-electron chi connectivity index (χ2n) is 3.95. The summed E-state index contributed by atoms with van der Waals surface area (Å²) in [6.07, 6.45) is 3.70. The molecule has 1 aliphatic heterocycles. The third kappa shape index (κ3) is 2.95. The number of nitrogens with zero attached hydrogens (tertiary/aromatic N) is 2. The van der Waals surface area contributed by atoms with Crippen LogP contribution in [0.1, 0.15) is 30.0 Å². The lowest BCUT2D eigenvalue weighted by Crippen LogP contribution is -2.25. The molecule has 0 bridgehead atoms. The fraction of sp³-hybridized carbons (Fsp3) is 0.636. The highest BCUT2D eigenvalue weighted by Crippen LogP contribution is 2.15. The highest BCUT2D eigenvalue weighted by molar-refractivity contribution is 7.09. The lowest BCUT2D eigenvalue weighted by Gasteiger charge is -2.14. The van der Waals surface area contributed by atoms with E-state index in [2.05, 4.69) is 4.98 Å². The van der Waals surface area contributed by atoms with Crippen LogP contribution in [-0.4, -0.2) is 28.9 Å². The predicted octanol–water partition coefficient (Wildman–Crippen LogP) is 2.44. The second-order valence-corrected chi connectivity index (χ2v) is 5.16. The molecule has 0 aliphatic carbocycles. The molecule has 3 nitrogen and oxygen atoms in total. The van der Waals surface area contributed by atoms with E-state index in [-0.39, 0.29) is 0 Å². The summed E-state index contributed by atoms with van der Waals surface area (Å²) in [5.74, 6) is 0.793. The van der Waals surface area contributed by atoms with Crippen LogP contribution in [0.25, 0.3) is 0 Å². The van der Waals surface area contributed by atoms with Crippen LogP contribution in [0.4, 0.5) is 0 Å². The maximum Gasteiger partial charge on any atom is 0.222 e. The molecule has 0 spiro atoms. The molecule has 1 aromatic heterocycles. The van der Waals surface area contributed by atoms with Crippen molar-refractivity contribution in [3.8, 4) is 0 Å². The van der Waals surface area contributed by atoms with E-state index in [1.54, 1.807) is 11.3 Å². The van der Waals surface area contributed by atoms with Crippen molar-refractivity contribution in [3.63, 3.8) is 0 Å². The SMILES string of the molecule is O=C1CCCN1CCCc1nc(CCl)cs1. The minimum absolute atomic E-state index is 0.306. The molecule has 2 rings (SSSR count). The smallest absolute Gasteiger partial charge is 0.222 e. The molecule has 1 amide bonds. The first-order valence-electron chi connectivity index (χ1n) is 5.56. The summed E-state index contributed by atoms with van der Waals surface area (Å²) in [5.41, 5.74) is 0.957. The van der Waals surface area contributed by atoms with Gasteiger partial charge in [-0.3, -0.25) is 4.79 Å². The largest absolute Gasteiger partial charge is 0.343 e. The molecule has 0 saturated carbocycles. The third-order valence-corrected chi connectivity index (χ3v) is 3.96. The van der Waals surface area contributed by atoms with Crippen LogP contribution in [-0.2, 0) is 17.1 Å². The van der Waals surface area contributed by atoms with E-state index in [0.29, 0.717) is 11.8 Å². The zero-order chi connectivity index (χ0) is 11.4. The van der Waals surface area contributed by atoms with Gasteiger partial charge in [0, 0.05) is 31.3 Å². The average molecular weight is 259 g/mol. The van der Waals surface area contributed by atoms with Gasteiger partial charge in [0.1, 0.15) is 0 Å². The highest BCUT2D eigenvalue weighted by atomic mass is 35.5. The van der Waals surface area contributed by atoms with E-state index < -0.39 is 0 Å². The van der Waals surface area contributed by atoms with E-state index in [1.807, 2.05) is 10.3 Å². The van der Waals surface area contributed by atoms with Crippen LogP contribution in [0, 0.1) is 0 Å². The van der Waals surface area contributed by atoms with Gasteiger partial charge < -0.3 is 4.90 Å². The lowest BCUT2D eigenvalue weighted by molar-refractivity contribution is -0.127. The Kier molecular flexibility index (Phi) is 4.18. The molecule has 0 unspecified atom stereocenters. The van der Waals surface area contributed by atoms with Crippen molar-refractivity contribution in [1.29, 1.82) is 0 Å². The minimum atomic E-state index is 0.306. The number of aromatic nitrogens is 1. The molecular weight excluding hydrogens is 244 g/mol. The summed E-state index contributed by atoms with van der Waals surface area (Å²) in [5, 5.41) is 3.13. The van der Waals surface area contributed by atoms with E-state index in [9.17, 15) is 4.79 Å². The number of likely N-dealkylation sites (tertiary alicyclic amines) is 1. The normalized spacial score (nSPS) is 16.1. The first kappa shape index (κ1) is 11.9. The number of alkyl halides is 1. The van der Waals surface area contributed by atoms with Crippen molar-refractivity contribution in [2.75, 3.05) is 13.1 Å². The molecule has 0 aromatic carbocycles. The van der Waals surface area contributed by atoms with Gasteiger partial charge in [0.15, 0.2) is 0 Å². The Bertz CT molecular complexity index is 367. The fourth-order valence-corrected chi connectivity index (χ4v) is 2.96. The van der Waals surface area contributed by atoms with E-state index >= 15 is 0 Å². The molecule has 1 aliphatic rings. The van der Waals surface area contributed by atoms with Crippen molar-refractivity contribution >= 4 is 28.8 Å². The van der Waals surface area contributed by atoms with Crippen LogP contribution < -0.4 is 0 Å². The van der Waals surface area contributed by atoms with E-state index in [4.69, 9.17) is 11.6 Å². The number of hydrogen-bond donors (Lipinski definition) is 0. The standard InChI is InChI=1S/C11H15ClN2OS/c12-7-9-8-16-10(13-9)3-1-5-14-6-2-4-11(14)15/h8H,1-7H2. The Morgan fingerprint density at radius 3 is 3.06 bits per heavy atom. The van der Waals surface area contributed by atoms with Gasteiger partial charge in [-0.05, 0) is 12.8 Å². The number of hydrogen-bond acceptors (Lipinski definition) is 3. The van der Waals surface area contributed by atoms with Crippen molar-refractivity contribution in [2.24, 2.45) is 0 Å². The minimum Gasteiger partial charge on any atom is -0.343 e. The molecule has 0 N–H and O–H groups in total. The number of rotatable bonds is 5. The third-order valence-electron chi connectivity index (χ3n) is 2.73. The van der Waals surface area contributed by atoms with Gasteiger partial charge in [-0.1, -0.05) is 0 Å². The molecule has 1 saturated heterocycles. The molecule has 0 atom stereocenters. The maximum atomic E-state index is 11.4. The predicted molar refractivity (Wildman–Crippen MR) is 65.8 cm³/mol. The Morgan fingerprint density at radius 2 is 2.44 bits per heavy atom. The van der Waals surface area contributed by atoms with Crippen LogP contribution in [0.15, 0.2) is 5.38 Å². The van der Waals surface area contributed by atoms with Gasteiger partial charge >= 0.3 is 0 Å². The van der Waals surface area contributed by atoms with E-state index in [1.165, 1.54) is 0 Å². The average Bonchev–Trinajstić information content (AvgIpc) is 2.89. The maximum absolute atomic E-state index is 11.4. The summed E-state index contributed by atoms with van der Waals surface area (Å²) in [6, 6.07) is 0. The summed E-state index contributed by atoms with van der Waals surface area (Å²) < 4.78 is 0. The first-order chi connectivity index (χ1) is 7.79. The number of aryl methyl sites for hydroxylation is 1. The second kappa shape index (κ2) is 5.64. The molecule has 88 valence electrons. The number of carbonyl (C=O) groups excluding carboxylic acids is 1. The number of carbonyl (C=O) groups is 1. The van der Waals surface area contributed by atoms with Gasteiger partial charge in [0.05, 0.1) is 16.6 Å². The molecule has 5 heteroatoms. The lowest BCUT2D eigenvalue weighted by atomic mass is 10.3. The van der Waals surface area contributed by atoms with Crippen LogP contribution in [0.5, 0.6) is 0 Å². The highest BCUT2D eigenvalue weighted by Gasteiger charge is 2.19.